The molecule has 0 bridgehead atoms. The number of carbonyl (C=O) groups is 2. The van der Waals surface area contributed by atoms with Crippen LogP contribution >= 0.6 is 12.2 Å². The van der Waals surface area contributed by atoms with Crippen LogP contribution in [-0.2, 0) is 19.6 Å². The number of nitrogens with zero attached hydrogens (tertiary/aromatic N) is 3. The highest BCUT2D eigenvalue weighted by Gasteiger charge is 2.41. The van der Waals surface area contributed by atoms with E-state index in [4.69, 9.17) is 17.4 Å². The molecule has 0 saturated carbocycles. The maximum Gasteiger partial charge on any atom is 0.270 e. The fourth-order valence-corrected chi connectivity index (χ4v) is 5.50. The Balaban J connectivity index is 1.62. The van der Waals surface area contributed by atoms with Gasteiger partial charge in [0.1, 0.15) is 5.57 Å². The van der Waals surface area contributed by atoms with Crippen LogP contribution in [0.4, 0.5) is 11.4 Å². The lowest BCUT2D eigenvalue weighted by molar-refractivity contribution is -0.120. The molecule has 1 saturated heterocycles. The molecular weight excluding hydrogens is 532 g/mol. The zero-order valence-corrected chi connectivity index (χ0v) is 22.7. The first kappa shape index (κ1) is 26.2. The van der Waals surface area contributed by atoms with Gasteiger partial charge in [0.2, 0.25) is 10.0 Å². The van der Waals surface area contributed by atoms with Gasteiger partial charge in [-0.3, -0.25) is 19.4 Å². The van der Waals surface area contributed by atoms with Crippen molar-refractivity contribution in [2.24, 2.45) is 5.14 Å². The summed E-state index contributed by atoms with van der Waals surface area (Å²) in [4.78, 5) is 30.3. The summed E-state index contributed by atoms with van der Waals surface area (Å²) >= 11 is 5.66. The molecule has 1 aromatic heterocycles. The number of rotatable bonds is 5. The predicted molar refractivity (Wildman–Crippen MR) is 155 cm³/mol. The van der Waals surface area contributed by atoms with Crippen molar-refractivity contribution in [3.63, 3.8) is 0 Å². The summed E-state index contributed by atoms with van der Waals surface area (Å²) in [6, 6.07) is 26.0. The van der Waals surface area contributed by atoms with Crippen molar-refractivity contribution < 1.29 is 18.0 Å². The van der Waals surface area contributed by atoms with Crippen molar-refractivity contribution >= 4 is 56.6 Å². The molecule has 0 aliphatic carbocycles. The van der Waals surface area contributed by atoms with E-state index < -0.39 is 21.8 Å². The van der Waals surface area contributed by atoms with Crippen LogP contribution in [0.2, 0.25) is 0 Å². The molecule has 1 aliphatic heterocycles. The van der Waals surface area contributed by atoms with Crippen LogP contribution in [0.15, 0.2) is 101 Å². The molecule has 0 radical (unpaired) electrons. The van der Waals surface area contributed by atoms with Crippen molar-refractivity contribution in [2.75, 3.05) is 9.80 Å². The molecule has 0 unspecified atom stereocenters. The van der Waals surface area contributed by atoms with Crippen LogP contribution in [0.25, 0.3) is 11.8 Å². The average Bonchev–Trinajstić information content (AvgIpc) is 3.19. The number of hydrogen-bond donors (Lipinski definition) is 1. The number of primary sulfonamides is 1. The molecule has 0 atom stereocenters. The lowest BCUT2D eigenvalue weighted by atomic mass is 10.1. The third-order valence-electron chi connectivity index (χ3n) is 6.47. The van der Waals surface area contributed by atoms with E-state index in [2.05, 4.69) is 0 Å². The molecule has 39 heavy (non-hydrogen) atoms. The van der Waals surface area contributed by atoms with Gasteiger partial charge in [-0.15, -0.1) is 0 Å². The van der Waals surface area contributed by atoms with Gasteiger partial charge in [-0.25, -0.2) is 13.6 Å². The van der Waals surface area contributed by atoms with E-state index in [0.29, 0.717) is 22.6 Å². The van der Waals surface area contributed by atoms with Crippen LogP contribution in [0, 0.1) is 13.8 Å². The van der Waals surface area contributed by atoms with Crippen LogP contribution < -0.4 is 14.9 Å². The zero-order chi connectivity index (χ0) is 27.9. The number of nitrogens with two attached hydrogens (primary N) is 1. The molecule has 3 aromatic carbocycles. The van der Waals surface area contributed by atoms with Gasteiger partial charge < -0.3 is 4.57 Å². The van der Waals surface area contributed by atoms with Crippen molar-refractivity contribution in [3.05, 3.63) is 114 Å². The molecule has 0 spiro atoms. The molecule has 10 heteroatoms. The second-order valence-corrected chi connectivity index (χ2v) is 10.9. The molecule has 1 fully saturated rings. The fourth-order valence-electron chi connectivity index (χ4n) is 4.61. The molecule has 2 amide bonds. The SMILES string of the molecule is Cc1cc(C=C2C(=O)N(c3ccccc3)C(=S)N(c3ccccc3)C2=O)c(C)n1-c1ccc(S(N)(=O)=O)cc1. The number of aryl methyl sites for hydroxylation is 1. The number of amides is 2. The number of anilines is 2. The summed E-state index contributed by atoms with van der Waals surface area (Å²) in [6.07, 6.45) is 1.58. The van der Waals surface area contributed by atoms with E-state index in [1.807, 2.05) is 36.6 Å². The molecule has 2 heterocycles. The van der Waals surface area contributed by atoms with Gasteiger partial charge in [0.25, 0.3) is 11.8 Å². The summed E-state index contributed by atoms with van der Waals surface area (Å²) in [6.45, 7) is 3.74. The van der Waals surface area contributed by atoms with Gasteiger partial charge >= 0.3 is 0 Å². The molecule has 2 N–H and O–H groups in total. The van der Waals surface area contributed by atoms with Crippen molar-refractivity contribution in [3.8, 4) is 5.69 Å². The normalized spacial score (nSPS) is 14.2. The zero-order valence-electron chi connectivity index (χ0n) is 21.1. The minimum absolute atomic E-state index is 0.00688. The number of thiocarbonyl (C=S) groups is 1. The molecular formula is C29H24N4O4S2. The molecule has 4 aromatic rings. The van der Waals surface area contributed by atoms with Gasteiger partial charge in [-0.05, 0) is 92.3 Å². The Morgan fingerprint density at radius 3 is 1.69 bits per heavy atom. The lowest BCUT2D eigenvalue weighted by Crippen LogP contribution is -2.56. The van der Waals surface area contributed by atoms with E-state index in [9.17, 15) is 18.0 Å². The van der Waals surface area contributed by atoms with Crippen LogP contribution in [0.3, 0.4) is 0 Å². The van der Waals surface area contributed by atoms with Crippen molar-refractivity contribution in [1.82, 2.24) is 4.57 Å². The fraction of sp³-hybridized carbons (Fsp3) is 0.0690. The summed E-state index contributed by atoms with van der Waals surface area (Å²) in [5.74, 6) is -1.05. The number of carbonyl (C=O) groups excluding carboxylic acids is 2. The van der Waals surface area contributed by atoms with Gasteiger partial charge in [0, 0.05) is 17.1 Å². The Hall–Kier alpha value is -4.38. The first-order chi connectivity index (χ1) is 18.6. The van der Waals surface area contributed by atoms with Crippen molar-refractivity contribution in [1.29, 1.82) is 0 Å². The van der Waals surface area contributed by atoms with E-state index in [0.717, 1.165) is 11.4 Å². The number of sulfonamides is 1. The van der Waals surface area contributed by atoms with E-state index in [1.54, 1.807) is 66.7 Å². The second kappa shape index (κ2) is 10.1. The van der Waals surface area contributed by atoms with E-state index >= 15 is 0 Å². The number of benzene rings is 3. The second-order valence-electron chi connectivity index (χ2n) is 8.99. The Bertz CT molecular complexity index is 1680. The summed E-state index contributed by atoms with van der Waals surface area (Å²) < 4.78 is 25.2. The average molecular weight is 557 g/mol. The Morgan fingerprint density at radius 1 is 0.744 bits per heavy atom. The number of para-hydroxylation sites is 2. The summed E-state index contributed by atoms with van der Waals surface area (Å²) in [5, 5.41) is 5.30. The quantitative estimate of drug-likeness (QED) is 0.222. The summed E-state index contributed by atoms with van der Waals surface area (Å²) in [7, 11) is -3.82. The third-order valence-corrected chi connectivity index (χ3v) is 7.77. The molecule has 8 nitrogen and oxygen atoms in total. The van der Waals surface area contributed by atoms with Crippen molar-refractivity contribution in [2.45, 2.75) is 18.7 Å². The number of hydrogen-bond acceptors (Lipinski definition) is 5. The highest BCUT2D eigenvalue weighted by Crippen LogP contribution is 2.31. The topological polar surface area (TPSA) is 106 Å². The standard InChI is InChI=1S/C29H24N4O4S2/c1-19-17-21(20(2)31(19)24-13-15-25(16-14-24)39(30,36)37)18-26-27(34)32(22-9-5-3-6-10-22)29(38)33(28(26)35)23-11-7-4-8-12-23/h3-18H,1-2H3,(H2,30,36,37). The van der Waals surface area contributed by atoms with Gasteiger partial charge in [0.05, 0.1) is 16.3 Å². The van der Waals surface area contributed by atoms with E-state index in [-0.39, 0.29) is 15.6 Å². The summed E-state index contributed by atoms with van der Waals surface area (Å²) in [5.41, 5.74) is 4.01. The van der Waals surface area contributed by atoms with Crippen LogP contribution in [0.1, 0.15) is 17.0 Å². The van der Waals surface area contributed by atoms with Crippen LogP contribution in [-0.4, -0.2) is 29.9 Å². The lowest BCUT2D eigenvalue weighted by Gasteiger charge is -2.36. The minimum Gasteiger partial charge on any atom is -0.318 e. The monoisotopic (exact) mass is 556 g/mol. The first-order valence-corrected chi connectivity index (χ1v) is 13.9. The molecule has 5 rings (SSSR count). The maximum absolute atomic E-state index is 13.8. The van der Waals surface area contributed by atoms with Gasteiger partial charge in [-0.2, -0.15) is 0 Å². The minimum atomic E-state index is -3.82. The van der Waals surface area contributed by atoms with Gasteiger partial charge in [-0.1, -0.05) is 36.4 Å². The van der Waals surface area contributed by atoms with E-state index in [1.165, 1.54) is 21.9 Å². The molecule has 1 aliphatic rings. The smallest absolute Gasteiger partial charge is 0.270 e. The highest BCUT2D eigenvalue weighted by atomic mass is 32.2. The van der Waals surface area contributed by atoms with Crippen LogP contribution in [0.5, 0.6) is 0 Å². The largest absolute Gasteiger partial charge is 0.318 e. The predicted octanol–water partition coefficient (Wildman–Crippen LogP) is 4.49. The number of aromatic nitrogens is 1. The Kier molecular flexibility index (Phi) is 6.77. The first-order valence-electron chi connectivity index (χ1n) is 11.9. The Morgan fingerprint density at radius 2 is 1.23 bits per heavy atom. The Labute approximate surface area is 231 Å². The third kappa shape index (κ3) is 4.81. The maximum atomic E-state index is 13.8. The highest BCUT2D eigenvalue weighted by molar-refractivity contribution is 7.89. The van der Waals surface area contributed by atoms with Gasteiger partial charge in [0.15, 0.2) is 5.11 Å². The molecule has 196 valence electrons.